The lowest BCUT2D eigenvalue weighted by molar-refractivity contribution is 0.669. The third-order valence-corrected chi connectivity index (χ3v) is 11.6. The number of hydrogen-bond acceptors (Lipinski definition) is 3. The Morgan fingerprint density at radius 1 is 0.379 bits per heavy atom. The molecule has 4 nitrogen and oxygen atoms in total. The summed E-state index contributed by atoms with van der Waals surface area (Å²) in [5.74, 6) is 0.644. The second-order valence-corrected chi connectivity index (χ2v) is 14.9. The van der Waals surface area contributed by atoms with Gasteiger partial charge in [0.2, 0.25) is 5.95 Å². The molecule has 0 spiro atoms. The highest BCUT2D eigenvalue weighted by molar-refractivity contribution is 6.17. The fourth-order valence-corrected chi connectivity index (χ4v) is 8.92. The van der Waals surface area contributed by atoms with Gasteiger partial charge in [-0.1, -0.05) is 158 Å². The number of benzene rings is 9. The van der Waals surface area contributed by atoms with Crippen molar-refractivity contribution in [2.24, 2.45) is 0 Å². The van der Waals surface area contributed by atoms with Gasteiger partial charge >= 0.3 is 0 Å². The molecule has 0 aliphatic carbocycles. The molecule has 0 unspecified atom stereocenters. The average Bonchev–Trinajstić information content (AvgIpc) is 3.84. The largest absolute Gasteiger partial charge is 0.456 e. The summed E-state index contributed by atoms with van der Waals surface area (Å²) in [6.45, 7) is 0. The van der Waals surface area contributed by atoms with Gasteiger partial charge in [-0.3, -0.25) is 4.57 Å². The Bertz CT molecular complexity index is 3580. The first-order chi connectivity index (χ1) is 28.7. The van der Waals surface area contributed by atoms with E-state index in [4.69, 9.17) is 14.4 Å². The number of nitrogens with zero attached hydrogens (tertiary/aromatic N) is 3. The van der Waals surface area contributed by atoms with Crippen LogP contribution in [-0.2, 0) is 0 Å². The molecule has 58 heavy (non-hydrogen) atoms. The second-order valence-electron chi connectivity index (χ2n) is 14.9. The summed E-state index contributed by atoms with van der Waals surface area (Å²) < 4.78 is 8.54. The Balaban J connectivity index is 1.08. The summed E-state index contributed by atoms with van der Waals surface area (Å²) in [6.07, 6.45) is 0. The SMILES string of the molecule is c1ccc(-c2nc(-n3c4cc5ccccc5cc4c4cccc(-c5cccc(-c6cccc(-c7cccc8oc9ccccc9c78)c6)c5)c43)nc3ccccc23)cc1. The van der Waals surface area contributed by atoms with Crippen LogP contribution in [0.25, 0.3) is 116 Å². The number of rotatable bonds is 5. The Morgan fingerprint density at radius 3 is 1.79 bits per heavy atom. The van der Waals surface area contributed by atoms with E-state index in [1.165, 1.54) is 16.2 Å². The van der Waals surface area contributed by atoms with Gasteiger partial charge in [0.05, 0.1) is 22.2 Å². The van der Waals surface area contributed by atoms with Crippen LogP contribution in [0, 0.1) is 0 Å². The Labute approximate surface area is 333 Å². The molecule has 0 N–H and O–H groups in total. The van der Waals surface area contributed by atoms with Crippen LogP contribution >= 0.6 is 0 Å². The highest BCUT2D eigenvalue weighted by atomic mass is 16.3. The predicted molar refractivity (Wildman–Crippen MR) is 240 cm³/mol. The van der Waals surface area contributed by atoms with E-state index in [9.17, 15) is 0 Å². The maximum atomic E-state index is 6.25. The van der Waals surface area contributed by atoms with Crippen molar-refractivity contribution in [1.29, 1.82) is 0 Å². The van der Waals surface area contributed by atoms with Gasteiger partial charge in [0.25, 0.3) is 0 Å². The van der Waals surface area contributed by atoms with Gasteiger partial charge in [-0.05, 0) is 81.1 Å². The molecular formula is C54H33N3O. The number of furan rings is 1. The van der Waals surface area contributed by atoms with Crippen LogP contribution in [0.2, 0.25) is 0 Å². The van der Waals surface area contributed by atoms with Gasteiger partial charge in [-0.25, -0.2) is 9.97 Å². The third kappa shape index (κ3) is 5.09. The zero-order chi connectivity index (χ0) is 38.2. The van der Waals surface area contributed by atoms with Crippen molar-refractivity contribution in [3.63, 3.8) is 0 Å². The summed E-state index contributed by atoms with van der Waals surface area (Å²) in [5.41, 5.74) is 13.6. The molecule has 0 bridgehead atoms. The van der Waals surface area contributed by atoms with Crippen LogP contribution in [0.5, 0.6) is 0 Å². The van der Waals surface area contributed by atoms with Gasteiger partial charge in [0.1, 0.15) is 11.2 Å². The van der Waals surface area contributed by atoms with E-state index in [0.29, 0.717) is 5.95 Å². The van der Waals surface area contributed by atoms with E-state index in [2.05, 4.69) is 187 Å². The summed E-state index contributed by atoms with van der Waals surface area (Å²) in [4.78, 5) is 10.7. The first kappa shape index (κ1) is 32.4. The number of hydrogen-bond donors (Lipinski definition) is 0. The molecule has 0 amide bonds. The third-order valence-electron chi connectivity index (χ3n) is 11.6. The molecule has 270 valence electrons. The van der Waals surface area contributed by atoms with Gasteiger partial charge in [0.15, 0.2) is 0 Å². The van der Waals surface area contributed by atoms with Crippen LogP contribution < -0.4 is 0 Å². The standard InChI is InChI=1S/C54H33N3O/c1-2-14-34(15-3-1)52-44-22-6-8-27-47(44)55-54(56-52)57-48-33-38-17-5-4-16-37(38)32-46(48)43-26-12-25-42(53(43)57)40-21-11-19-36(31-40)35-18-10-20-39(30-35)41-24-13-29-50-51(41)45-23-7-9-28-49(45)58-50/h1-33H. The highest BCUT2D eigenvalue weighted by Gasteiger charge is 2.21. The van der Waals surface area contributed by atoms with E-state index >= 15 is 0 Å². The molecule has 12 aromatic rings. The molecule has 0 fully saturated rings. The van der Waals surface area contributed by atoms with Gasteiger partial charge in [-0.15, -0.1) is 0 Å². The topological polar surface area (TPSA) is 43.9 Å². The van der Waals surface area contributed by atoms with E-state index in [1.807, 2.05) is 18.2 Å². The van der Waals surface area contributed by atoms with E-state index in [1.54, 1.807) is 0 Å². The van der Waals surface area contributed by atoms with Crippen LogP contribution in [0.1, 0.15) is 0 Å². The van der Waals surface area contributed by atoms with Gasteiger partial charge in [-0.2, -0.15) is 0 Å². The molecule has 0 saturated heterocycles. The summed E-state index contributed by atoms with van der Waals surface area (Å²) in [7, 11) is 0. The summed E-state index contributed by atoms with van der Waals surface area (Å²) in [5, 5.41) is 7.99. The lowest BCUT2D eigenvalue weighted by atomic mass is 9.94. The van der Waals surface area contributed by atoms with Crippen molar-refractivity contribution in [3.8, 4) is 50.6 Å². The van der Waals surface area contributed by atoms with Crippen LogP contribution in [-0.4, -0.2) is 14.5 Å². The molecule has 0 aliphatic heterocycles. The minimum Gasteiger partial charge on any atom is -0.456 e. The zero-order valence-electron chi connectivity index (χ0n) is 31.3. The second kappa shape index (κ2) is 12.9. The lowest BCUT2D eigenvalue weighted by Gasteiger charge is -2.14. The van der Waals surface area contributed by atoms with E-state index in [-0.39, 0.29) is 0 Å². The highest BCUT2D eigenvalue weighted by Crippen LogP contribution is 2.42. The number of aromatic nitrogens is 3. The van der Waals surface area contributed by atoms with Crippen molar-refractivity contribution < 1.29 is 4.42 Å². The Kier molecular flexibility index (Phi) is 7.20. The fourth-order valence-electron chi connectivity index (χ4n) is 8.92. The van der Waals surface area contributed by atoms with Crippen molar-refractivity contribution in [2.75, 3.05) is 0 Å². The molecule has 0 aliphatic rings. The number of para-hydroxylation sites is 3. The monoisotopic (exact) mass is 739 g/mol. The van der Waals surface area contributed by atoms with Gasteiger partial charge in [0, 0.05) is 38.1 Å². The van der Waals surface area contributed by atoms with Crippen LogP contribution in [0.3, 0.4) is 0 Å². The van der Waals surface area contributed by atoms with Crippen LogP contribution in [0.15, 0.2) is 205 Å². The molecule has 0 saturated carbocycles. The molecule has 0 atom stereocenters. The first-order valence-electron chi connectivity index (χ1n) is 19.7. The molecule has 3 aromatic heterocycles. The summed E-state index contributed by atoms with van der Waals surface area (Å²) >= 11 is 0. The average molecular weight is 740 g/mol. The zero-order valence-corrected chi connectivity index (χ0v) is 31.3. The predicted octanol–water partition coefficient (Wildman–Crippen LogP) is 14.4. The number of fused-ring (bicyclic) bond motifs is 8. The van der Waals surface area contributed by atoms with E-state index in [0.717, 1.165) is 93.9 Å². The Hall–Kier alpha value is -7.82. The van der Waals surface area contributed by atoms with Crippen molar-refractivity contribution in [1.82, 2.24) is 14.5 Å². The summed E-state index contributed by atoms with van der Waals surface area (Å²) in [6, 6.07) is 71.0. The maximum absolute atomic E-state index is 6.25. The Morgan fingerprint density at radius 2 is 0.966 bits per heavy atom. The normalized spacial score (nSPS) is 11.8. The quantitative estimate of drug-likeness (QED) is 0.177. The lowest BCUT2D eigenvalue weighted by Crippen LogP contribution is -2.04. The molecule has 0 radical (unpaired) electrons. The fraction of sp³-hybridized carbons (Fsp3) is 0. The molecule has 12 rings (SSSR count). The smallest absolute Gasteiger partial charge is 0.235 e. The molecule has 9 aromatic carbocycles. The molecule has 3 heterocycles. The van der Waals surface area contributed by atoms with Gasteiger partial charge < -0.3 is 4.42 Å². The van der Waals surface area contributed by atoms with Crippen LogP contribution in [0.4, 0.5) is 0 Å². The molecular weight excluding hydrogens is 707 g/mol. The maximum Gasteiger partial charge on any atom is 0.235 e. The minimum absolute atomic E-state index is 0.644. The van der Waals surface area contributed by atoms with E-state index < -0.39 is 0 Å². The minimum atomic E-state index is 0.644. The first-order valence-corrected chi connectivity index (χ1v) is 19.7. The van der Waals surface area contributed by atoms with Crippen molar-refractivity contribution in [3.05, 3.63) is 200 Å². The van der Waals surface area contributed by atoms with Crippen molar-refractivity contribution in [2.45, 2.75) is 0 Å². The van der Waals surface area contributed by atoms with Crippen molar-refractivity contribution >= 4 is 65.4 Å². The molecule has 4 heteroatoms.